The van der Waals surface area contributed by atoms with E-state index in [0.29, 0.717) is 5.69 Å². The molecule has 3 rings (SSSR count). The van der Waals surface area contributed by atoms with Crippen molar-refractivity contribution < 1.29 is 22.7 Å². The standard InChI is InChI=1S/C20H23F3N4O2/c21-20(22,23)14-29-18-7-6-17(12-24-18)26-19(28)25-16-8-10-27(11-9-16)13-15-4-2-1-3-5-15/h1-7,12,16H,8-11,13-14H2,(H2,25,26,28). The van der Waals surface area contributed by atoms with Crippen LogP contribution in [-0.2, 0) is 6.54 Å². The number of halogens is 3. The van der Waals surface area contributed by atoms with Crippen molar-refractivity contribution in [1.29, 1.82) is 0 Å². The van der Waals surface area contributed by atoms with E-state index in [0.717, 1.165) is 32.5 Å². The molecule has 29 heavy (non-hydrogen) atoms. The maximum absolute atomic E-state index is 12.2. The minimum absolute atomic E-state index is 0.0735. The highest BCUT2D eigenvalue weighted by molar-refractivity contribution is 5.89. The molecule has 2 amide bonds. The topological polar surface area (TPSA) is 66.5 Å². The van der Waals surface area contributed by atoms with Gasteiger partial charge in [0.05, 0.1) is 11.9 Å². The average Bonchev–Trinajstić information content (AvgIpc) is 2.69. The third-order valence-corrected chi connectivity index (χ3v) is 4.55. The van der Waals surface area contributed by atoms with Gasteiger partial charge in [0.25, 0.3) is 0 Å². The van der Waals surface area contributed by atoms with Gasteiger partial charge in [0.2, 0.25) is 5.88 Å². The van der Waals surface area contributed by atoms with Gasteiger partial charge >= 0.3 is 12.2 Å². The quantitative estimate of drug-likeness (QED) is 0.763. The molecule has 2 N–H and O–H groups in total. The molecular formula is C20H23F3N4O2. The molecule has 156 valence electrons. The number of benzene rings is 1. The number of alkyl halides is 3. The Balaban J connectivity index is 1.39. The molecule has 2 aromatic rings. The Bertz CT molecular complexity index is 777. The zero-order valence-corrected chi connectivity index (χ0v) is 15.8. The van der Waals surface area contributed by atoms with E-state index in [2.05, 4.69) is 37.4 Å². The van der Waals surface area contributed by atoms with Crippen molar-refractivity contribution in [2.45, 2.75) is 31.6 Å². The second-order valence-electron chi connectivity index (χ2n) is 6.92. The summed E-state index contributed by atoms with van der Waals surface area (Å²) in [5.41, 5.74) is 1.65. The average molecular weight is 408 g/mol. The Morgan fingerprint density at radius 1 is 1.14 bits per heavy atom. The summed E-state index contributed by atoms with van der Waals surface area (Å²) < 4.78 is 40.9. The van der Waals surface area contributed by atoms with Gasteiger partial charge in [-0.15, -0.1) is 0 Å². The number of anilines is 1. The Morgan fingerprint density at radius 2 is 1.86 bits per heavy atom. The predicted octanol–water partition coefficient (Wildman–Crippen LogP) is 3.81. The fraction of sp³-hybridized carbons (Fsp3) is 0.400. The van der Waals surface area contributed by atoms with Crippen LogP contribution in [0.5, 0.6) is 5.88 Å². The minimum atomic E-state index is -4.42. The molecule has 0 bridgehead atoms. The van der Waals surface area contributed by atoms with Crippen LogP contribution in [0.2, 0.25) is 0 Å². The minimum Gasteiger partial charge on any atom is -0.468 e. The summed E-state index contributed by atoms with van der Waals surface area (Å²) in [5, 5.41) is 5.56. The predicted molar refractivity (Wildman–Crippen MR) is 103 cm³/mol. The number of urea groups is 1. The number of hydrogen-bond donors (Lipinski definition) is 2. The van der Waals surface area contributed by atoms with Crippen molar-refractivity contribution >= 4 is 11.7 Å². The Morgan fingerprint density at radius 3 is 2.48 bits per heavy atom. The Kier molecular flexibility index (Phi) is 6.92. The van der Waals surface area contributed by atoms with E-state index >= 15 is 0 Å². The highest BCUT2D eigenvalue weighted by Crippen LogP contribution is 2.18. The zero-order valence-electron chi connectivity index (χ0n) is 15.8. The molecular weight excluding hydrogens is 385 g/mol. The maximum Gasteiger partial charge on any atom is 0.422 e. The highest BCUT2D eigenvalue weighted by atomic mass is 19.4. The second-order valence-corrected chi connectivity index (χ2v) is 6.92. The Hall–Kier alpha value is -2.81. The summed E-state index contributed by atoms with van der Waals surface area (Å²) in [6.45, 7) is 1.28. The first-order valence-electron chi connectivity index (χ1n) is 9.37. The molecule has 1 aliphatic rings. The summed E-state index contributed by atoms with van der Waals surface area (Å²) in [6.07, 6.45) is -1.46. The largest absolute Gasteiger partial charge is 0.468 e. The van der Waals surface area contributed by atoms with Crippen LogP contribution in [0.4, 0.5) is 23.7 Å². The lowest BCUT2D eigenvalue weighted by atomic mass is 10.0. The lowest BCUT2D eigenvalue weighted by molar-refractivity contribution is -0.154. The highest BCUT2D eigenvalue weighted by Gasteiger charge is 2.28. The second kappa shape index (κ2) is 9.60. The molecule has 9 heteroatoms. The number of pyridine rings is 1. The molecule has 1 saturated heterocycles. The van der Waals surface area contributed by atoms with Gasteiger partial charge in [-0.25, -0.2) is 9.78 Å². The fourth-order valence-electron chi connectivity index (χ4n) is 3.12. The van der Waals surface area contributed by atoms with Crippen LogP contribution >= 0.6 is 0 Å². The monoisotopic (exact) mass is 408 g/mol. The van der Waals surface area contributed by atoms with Crippen LogP contribution in [0, 0.1) is 0 Å². The van der Waals surface area contributed by atoms with Gasteiger partial charge in [-0.05, 0) is 24.5 Å². The van der Waals surface area contributed by atoms with Crippen LogP contribution in [0.3, 0.4) is 0 Å². The van der Waals surface area contributed by atoms with Crippen molar-refractivity contribution in [2.75, 3.05) is 25.0 Å². The van der Waals surface area contributed by atoms with Crippen molar-refractivity contribution in [3.63, 3.8) is 0 Å². The lowest BCUT2D eigenvalue weighted by Crippen LogP contribution is -2.45. The number of piperidine rings is 1. The number of rotatable bonds is 6. The van der Waals surface area contributed by atoms with Gasteiger partial charge in [-0.3, -0.25) is 4.90 Å². The van der Waals surface area contributed by atoms with Gasteiger partial charge in [0, 0.05) is 31.7 Å². The summed E-state index contributed by atoms with van der Waals surface area (Å²) in [6, 6.07) is 12.7. The van der Waals surface area contributed by atoms with E-state index in [9.17, 15) is 18.0 Å². The fourth-order valence-corrected chi connectivity index (χ4v) is 3.12. The number of nitrogens with zero attached hydrogens (tertiary/aromatic N) is 2. The van der Waals surface area contributed by atoms with Gasteiger partial charge in [0.15, 0.2) is 6.61 Å². The molecule has 2 heterocycles. The number of carbonyl (C=O) groups is 1. The van der Waals surface area contributed by atoms with Crippen molar-refractivity contribution in [3.05, 3.63) is 54.2 Å². The van der Waals surface area contributed by atoms with E-state index < -0.39 is 12.8 Å². The summed E-state index contributed by atoms with van der Waals surface area (Å²) >= 11 is 0. The third kappa shape index (κ3) is 7.26. The normalized spacial score (nSPS) is 15.7. The number of carbonyl (C=O) groups excluding carboxylic acids is 1. The number of nitrogens with one attached hydrogen (secondary N) is 2. The van der Waals surface area contributed by atoms with Crippen LogP contribution in [0.15, 0.2) is 48.7 Å². The van der Waals surface area contributed by atoms with Crippen LogP contribution in [0.25, 0.3) is 0 Å². The van der Waals surface area contributed by atoms with Gasteiger partial charge < -0.3 is 15.4 Å². The van der Waals surface area contributed by atoms with Crippen molar-refractivity contribution in [2.24, 2.45) is 0 Å². The summed E-state index contributed by atoms with van der Waals surface area (Å²) in [7, 11) is 0. The summed E-state index contributed by atoms with van der Waals surface area (Å²) in [4.78, 5) is 18.3. The van der Waals surface area contributed by atoms with E-state index in [1.807, 2.05) is 18.2 Å². The van der Waals surface area contributed by atoms with E-state index in [-0.39, 0.29) is 18.0 Å². The summed E-state index contributed by atoms with van der Waals surface area (Å²) in [5.74, 6) is -0.154. The molecule has 0 unspecified atom stereocenters. The first-order chi connectivity index (χ1) is 13.9. The molecule has 1 aromatic heterocycles. The SMILES string of the molecule is O=C(Nc1ccc(OCC(F)(F)F)nc1)NC1CCN(Cc2ccccc2)CC1. The van der Waals surface area contributed by atoms with Gasteiger partial charge in [0.1, 0.15) is 0 Å². The van der Waals surface area contributed by atoms with Gasteiger partial charge in [-0.1, -0.05) is 30.3 Å². The zero-order chi connectivity index (χ0) is 20.7. The number of likely N-dealkylation sites (tertiary alicyclic amines) is 1. The van der Waals surface area contributed by atoms with Crippen LogP contribution < -0.4 is 15.4 Å². The first-order valence-corrected chi connectivity index (χ1v) is 9.37. The van der Waals surface area contributed by atoms with E-state index in [1.54, 1.807) is 0 Å². The molecule has 1 fully saturated rings. The van der Waals surface area contributed by atoms with Crippen molar-refractivity contribution in [1.82, 2.24) is 15.2 Å². The molecule has 0 spiro atoms. The van der Waals surface area contributed by atoms with Crippen LogP contribution in [-0.4, -0.2) is 47.8 Å². The molecule has 1 aromatic carbocycles. The van der Waals surface area contributed by atoms with Crippen molar-refractivity contribution in [3.8, 4) is 5.88 Å². The number of aromatic nitrogens is 1. The number of amides is 2. The maximum atomic E-state index is 12.2. The van der Waals surface area contributed by atoms with Gasteiger partial charge in [-0.2, -0.15) is 13.2 Å². The molecule has 1 aliphatic heterocycles. The third-order valence-electron chi connectivity index (χ3n) is 4.55. The molecule has 0 aliphatic carbocycles. The van der Waals surface area contributed by atoms with Crippen LogP contribution in [0.1, 0.15) is 18.4 Å². The Labute approximate surface area is 167 Å². The first kappa shape index (κ1) is 20.9. The lowest BCUT2D eigenvalue weighted by Gasteiger charge is -2.32. The molecule has 0 saturated carbocycles. The molecule has 0 atom stereocenters. The van der Waals surface area contributed by atoms with E-state index in [1.165, 1.54) is 23.9 Å². The molecule has 6 nitrogen and oxygen atoms in total. The number of ether oxygens (including phenoxy) is 1. The molecule has 0 radical (unpaired) electrons. The van der Waals surface area contributed by atoms with E-state index in [4.69, 9.17) is 0 Å². The number of hydrogen-bond acceptors (Lipinski definition) is 4. The smallest absolute Gasteiger partial charge is 0.422 e.